The van der Waals surface area contributed by atoms with Gasteiger partial charge in [-0.2, -0.15) is 0 Å². The van der Waals surface area contributed by atoms with Gasteiger partial charge < -0.3 is 5.11 Å². The van der Waals surface area contributed by atoms with E-state index in [1.807, 2.05) is 44.7 Å². The molecule has 1 heterocycles. The van der Waals surface area contributed by atoms with Gasteiger partial charge in [-0.3, -0.25) is 14.7 Å². The highest BCUT2D eigenvalue weighted by molar-refractivity contribution is 5.69. The van der Waals surface area contributed by atoms with E-state index in [1.165, 1.54) is 0 Å². The van der Waals surface area contributed by atoms with Gasteiger partial charge in [0.15, 0.2) is 0 Å². The summed E-state index contributed by atoms with van der Waals surface area (Å²) in [6.07, 6.45) is 1.80. The highest BCUT2D eigenvalue weighted by Crippen LogP contribution is 2.16. The van der Waals surface area contributed by atoms with Crippen LogP contribution in [0.4, 0.5) is 0 Å². The minimum absolute atomic E-state index is 0.0268. The van der Waals surface area contributed by atoms with E-state index in [0.717, 1.165) is 11.3 Å². The first kappa shape index (κ1) is 13.6. The summed E-state index contributed by atoms with van der Waals surface area (Å²) in [5, 5.41) is 8.91. The van der Waals surface area contributed by atoms with E-state index in [9.17, 15) is 4.79 Å². The molecule has 0 atom stereocenters. The van der Waals surface area contributed by atoms with Crippen LogP contribution in [0.2, 0.25) is 0 Å². The molecule has 0 aliphatic carbocycles. The van der Waals surface area contributed by atoms with Crippen molar-refractivity contribution in [1.29, 1.82) is 0 Å². The quantitative estimate of drug-likeness (QED) is 0.869. The van der Waals surface area contributed by atoms with Crippen LogP contribution in [-0.2, 0) is 11.3 Å². The largest absolute Gasteiger partial charge is 0.480 e. The summed E-state index contributed by atoms with van der Waals surface area (Å²) < 4.78 is 0. The van der Waals surface area contributed by atoms with Gasteiger partial charge in [0, 0.05) is 18.3 Å². The number of carboxylic acid groups (broad SMARTS) is 1. The highest BCUT2D eigenvalue weighted by Gasteiger charge is 2.23. The molecule has 4 nitrogen and oxygen atoms in total. The van der Waals surface area contributed by atoms with Gasteiger partial charge >= 0.3 is 5.97 Å². The summed E-state index contributed by atoms with van der Waals surface area (Å²) in [4.78, 5) is 17.0. The summed E-state index contributed by atoms with van der Waals surface area (Å²) >= 11 is 0. The lowest BCUT2D eigenvalue weighted by molar-refractivity contribution is -0.139. The highest BCUT2D eigenvalue weighted by atomic mass is 16.4. The molecule has 17 heavy (non-hydrogen) atoms. The smallest absolute Gasteiger partial charge is 0.317 e. The minimum Gasteiger partial charge on any atom is -0.480 e. The second-order valence-corrected chi connectivity index (χ2v) is 5.25. The van der Waals surface area contributed by atoms with E-state index in [-0.39, 0.29) is 12.1 Å². The molecule has 0 fully saturated rings. The molecular weight excluding hydrogens is 216 g/mol. The molecule has 0 radical (unpaired) electrons. The molecule has 4 heteroatoms. The monoisotopic (exact) mass is 236 g/mol. The summed E-state index contributed by atoms with van der Waals surface area (Å²) in [6, 6.07) is 3.93. The molecule has 0 saturated carbocycles. The van der Waals surface area contributed by atoms with Crippen molar-refractivity contribution >= 4 is 5.97 Å². The molecule has 0 bridgehead atoms. The van der Waals surface area contributed by atoms with E-state index in [0.29, 0.717) is 6.54 Å². The van der Waals surface area contributed by atoms with Crippen LogP contribution in [0.25, 0.3) is 0 Å². The Bertz CT molecular complexity index is 379. The van der Waals surface area contributed by atoms with Gasteiger partial charge in [0.25, 0.3) is 0 Å². The zero-order valence-electron chi connectivity index (χ0n) is 10.9. The molecule has 0 amide bonds. The number of aromatic nitrogens is 1. The Morgan fingerprint density at radius 1 is 1.41 bits per heavy atom. The molecule has 0 saturated heterocycles. The lowest BCUT2D eigenvalue weighted by Gasteiger charge is -2.34. The van der Waals surface area contributed by atoms with E-state index in [1.54, 1.807) is 6.20 Å². The fourth-order valence-corrected chi connectivity index (χ4v) is 1.48. The predicted molar refractivity (Wildman–Crippen MR) is 66.8 cm³/mol. The third-order valence-electron chi connectivity index (χ3n) is 2.60. The Hall–Kier alpha value is -1.42. The first-order chi connectivity index (χ1) is 7.79. The van der Waals surface area contributed by atoms with Gasteiger partial charge in [0.2, 0.25) is 0 Å². The van der Waals surface area contributed by atoms with Crippen molar-refractivity contribution in [2.45, 2.75) is 39.8 Å². The number of rotatable bonds is 4. The van der Waals surface area contributed by atoms with Crippen LogP contribution >= 0.6 is 0 Å². The lowest BCUT2D eigenvalue weighted by atomic mass is 10.1. The van der Waals surface area contributed by atoms with Crippen molar-refractivity contribution < 1.29 is 9.90 Å². The van der Waals surface area contributed by atoms with Crippen molar-refractivity contribution in [3.8, 4) is 0 Å². The maximum atomic E-state index is 10.8. The summed E-state index contributed by atoms with van der Waals surface area (Å²) in [7, 11) is 0. The number of hydrogen-bond donors (Lipinski definition) is 1. The van der Waals surface area contributed by atoms with Gasteiger partial charge in [-0.05, 0) is 39.3 Å². The molecule has 0 aliphatic heterocycles. The zero-order valence-corrected chi connectivity index (χ0v) is 10.9. The SMILES string of the molecule is Cc1ccc(CN(CC(=O)O)C(C)(C)C)nc1. The number of nitrogens with zero attached hydrogens (tertiary/aromatic N) is 2. The van der Waals surface area contributed by atoms with Crippen LogP contribution in [0.3, 0.4) is 0 Å². The standard InChI is InChI=1S/C13H20N2O2/c1-10-5-6-11(14-7-10)8-15(9-12(16)17)13(2,3)4/h5-7H,8-9H2,1-4H3,(H,16,17). The van der Waals surface area contributed by atoms with E-state index in [4.69, 9.17) is 5.11 Å². The van der Waals surface area contributed by atoms with Crippen molar-refractivity contribution in [2.24, 2.45) is 0 Å². The zero-order chi connectivity index (χ0) is 13.1. The summed E-state index contributed by atoms with van der Waals surface area (Å²) in [6.45, 7) is 8.57. The Morgan fingerprint density at radius 3 is 2.47 bits per heavy atom. The van der Waals surface area contributed by atoms with Gasteiger partial charge in [0.05, 0.1) is 12.2 Å². The van der Waals surface area contributed by atoms with Gasteiger partial charge in [0.1, 0.15) is 0 Å². The van der Waals surface area contributed by atoms with E-state index in [2.05, 4.69) is 4.98 Å². The van der Waals surface area contributed by atoms with Crippen molar-refractivity contribution in [3.05, 3.63) is 29.6 Å². The molecule has 0 unspecified atom stereocenters. The van der Waals surface area contributed by atoms with Gasteiger partial charge in [-0.15, -0.1) is 0 Å². The van der Waals surface area contributed by atoms with Crippen molar-refractivity contribution in [2.75, 3.05) is 6.54 Å². The van der Waals surface area contributed by atoms with Crippen LogP contribution < -0.4 is 0 Å². The molecule has 94 valence electrons. The number of aliphatic carboxylic acids is 1. The molecule has 0 aromatic carbocycles. The second-order valence-electron chi connectivity index (χ2n) is 5.25. The molecule has 1 rings (SSSR count). The fourth-order valence-electron chi connectivity index (χ4n) is 1.48. The van der Waals surface area contributed by atoms with Crippen LogP contribution in [0.15, 0.2) is 18.3 Å². The average Bonchev–Trinajstić information content (AvgIpc) is 2.18. The lowest BCUT2D eigenvalue weighted by Crippen LogP contribution is -2.43. The number of carboxylic acids is 1. The van der Waals surface area contributed by atoms with Crippen LogP contribution in [0.1, 0.15) is 32.0 Å². The molecule has 1 N–H and O–H groups in total. The number of aryl methyl sites for hydroxylation is 1. The normalized spacial score (nSPS) is 11.8. The number of hydrogen-bond acceptors (Lipinski definition) is 3. The molecular formula is C13H20N2O2. The Balaban J connectivity index is 2.79. The number of carbonyl (C=O) groups is 1. The molecule has 1 aromatic heterocycles. The van der Waals surface area contributed by atoms with Gasteiger partial charge in [-0.1, -0.05) is 6.07 Å². The average molecular weight is 236 g/mol. The molecule has 1 aromatic rings. The van der Waals surface area contributed by atoms with E-state index >= 15 is 0 Å². The molecule has 0 aliphatic rings. The number of pyridine rings is 1. The third kappa shape index (κ3) is 4.53. The third-order valence-corrected chi connectivity index (χ3v) is 2.60. The maximum Gasteiger partial charge on any atom is 0.317 e. The topological polar surface area (TPSA) is 53.4 Å². The maximum absolute atomic E-state index is 10.8. The predicted octanol–water partition coefficient (Wildman–Crippen LogP) is 2.08. The van der Waals surface area contributed by atoms with E-state index < -0.39 is 5.97 Å². The van der Waals surface area contributed by atoms with Crippen molar-refractivity contribution in [3.63, 3.8) is 0 Å². The minimum atomic E-state index is -0.813. The van der Waals surface area contributed by atoms with Crippen molar-refractivity contribution in [1.82, 2.24) is 9.88 Å². The Labute approximate surface area is 102 Å². The summed E-state index contributed by atoms with van der Waals surface area (Å²) in [5.74, 6) is -0.813. The summed E-state index contributed by atoms with van der Waals surface area (Å²) in [5.41, 5.74) is 1.81. The Kier molecular flexibility index (Phi) is 4.23. The van der Waals surface area contributed by atoms with Gasteiger partial charge in [-0.25, -0.2) is 0 Å². The second kappa shape index (κ2) is 5.27. The first-order valence-corrected chi connectivity index (χ1v) is 5.67. The fraction of sp³-hybridized carbons (Fsp3) is 0.538. The molecule has 0 spiro atoms. The Morgan fingerprint density at radius 2 is 2.06 bits per heavy atom. The van der Waals surface area contributed by atoms with Crippen LogP contribution in [-0.4, -0.2) is 33.0 Å². The van der Waals surface area contributed by atoms with Crippen LogP contribution in [0, 0.1) is 6.92 Å². The van der Waals surface area contributed by atoms with Crippen LogP contribution in [0.5, 0.6) is 0 Å². The first-order valence-electron chi connectivity index (χ1n) is 5.67.